The molecule has 2 aromatic heterocycles. The van der Waals surface area contributed by atoms with Crippen LogP contribution >= 0.6 is 0 Å². The lowest BCUT2D eigenvalue weighted by Gasteiger charge is -2.34. The molecule has 1 aliphatic heterocycles. The van der Waals surface area contributed by atoms with Gasteiger partial charge >= 0.3 is 0 Å². The molecule has 1 fully saturated rings. The molecule has 1 amide bonds. The highest BCUT2D eigenvalue weighted by molar-refractivity contribution is 5.76. The molecule has 1 saturated heterocycles. The summed E-state index contributed by atoms with van der Waals surface area (Å²) < 4.78 is 12.3. The van der Waals surface area contributed by atoms with Gasteiger partial charge in [-0.05, 0) is 30.7 Å². The fourth-order valence-corrected chi connectivity index (χ4v) is 3.42. The topological polar surface area (TPSA) is 102 Å². The molecule has 0 atom stereocenters. The summed E-state index contributed by atoms with van der Waals surface area (Å²) in [6.07, 6.45) is 4.46. The van der Waals surface area contributed by atoms with Crippen LogP contribution in [0, 0.1) is 0 Å². The van der Waals surface area contributed by atoms with Gasteiger partial charge in [0.1, 0.15) is 18.4 Å². The number of nitrogens with zero attached hydrogens (tertiary/aromatic N) is 7. The van der Waals surface area contributed by atoms with E-state index in [4.69, 9.17) is 9.26 Å². The Balaban J connectivity index is 1.22. The third-order valence-electron chi connectivity index (χ3n) is 5.14. The number of hydrogen-bond acceptors (Lipinski definition) is 8. The van der Waals surface area contributed by atoms with Crippen molar-refractivity contribution in [1.29, 1.82) is 0 Å². The summed E-state index contributed by atoms with van der Waals surface area (Å²) >= 11 is 0. The van der Waals surface area contributed by atoms with E-state index in [0.29, 0.717) is 44.3 Å². The van der Waals surface area contributed by atoms with Gasteiger partial charge in [0.2, 0.25) is 17.6 Å². The van der Waals surface area contributed by atoms with E-state index in [-0.39, 0.29) is 5.91 Å². The second kappa shape index (κ2) is 9.49. The van der Waals surface area contributed by atoms with E-state index in [2.05, 4.69) is 25.1 Å². The molecule has 0 saturated carbocycles. The van der Waals surface area contributed by atoms with Crippen LogP contribution in [0.3, 0.4) is 0 Å². The van der Waals surface area contributed by atoms with Gasteiger partial charge in [-0.15, -0.1) is 0 Å². The van der Waals surface area contributed by atoms with E-state index in [9.17, 15) is 4.79 Å². The Morgan fingerprint density at radius 3 is 2.67 bits per heavy atom. The number of methoxy groups -OCH3 is 1. The predicted octanol–water partition coefficient (Wildman–Crippen LogP) is 1.46. The fourth-order valence-electron chi connectivity index (χ4n) is 3.42. The molecule has 3 heterocycles. The second-order valence-electron chi connectivity index (χ2n) is 7.16. The summed E-state index contributed by atoms with van der Waals surface area (Å²) in [5, 5.41) is 8.13. The van der Waals surface area contributed by atoms with Crippen molar-refractivity contribution in [3.8, 4) is 17.1 Å². The molecule has 4 rings (SSSR count). The smallest absolute Gasteiger partial charge is 0.241 e. The minimum absolute atomic E-state index is 0.189. The lowest BCUT2D eigenvalue weighted by atomic mass is 10.2. The molecule has 0 N–H and O–H groups in total. The van der Waals surface area contributed by atoms with E-state index in [1.165, 1.54) is 6.33 Å². The Morgan fingerprint density at radius 2 is 1.97 bits per heavy atom. The highest BCUT2D eigenvalue weighted by atomic mass is 16.5. The summed E-state index contributed by atoms with van der Waals surface area (Å²) in [6, 6.07) is 7.54. The van der Waals surface area contributed by atoms with Gasteiger partial charge in [0, 0.05) is 44.7 Å². The molecule has 0 spiro atoms. The van der Waals surface area contributed by atoms with Crippen molar-refractivity contribution < 1.29 is 14.1 Å². The summed E-state index contributed by atoms with van der Waals surface area (Å²) in [7, 11) is 1.63. The summed E-state index contributed by atoms with van der Waals surface area (Å²) in [5.41, 5.74) is 0.882. The number of aryl methyl sites for hydroxylation is 1. The van der Waals surface area contributed by atoms with Crippen molar-refractivity contribution in [3.63, 3.8) is 0 Å². The molecule has 10 nitrogen and oxygen atoms in total. The normalized spacial score (nSPS) is 14.8. The van der Waals surface area contributed by atoms with E-state index in [1.807, 2.05) is 29.2 Å². The molecule has 0 unspecified atom stereocenters. The Morgan fingerprint density at radius 1 is 1.17 bits per heavy atom. The number of amides is 1. The summed E-state index contributed by atoms with van der Waals surface area (Å²) in [4.78, 5) is 25.0. The highest BCUT2D eigenvalue weighted by Crippen LogP contribution is 2.20. The number of carbonyl (C=O) groups excluding carboxylic acids is 1. The molecular formula is C20H25N7O3. The maximum atomic E-state index is 12.4. The average Bonchev–Trinajstić information content (AvgIpc) is 3.47. The van der Waals surface area contributed by atoms with Crippen LogP contribution < -0.4 is 4.74 Å². The third-order valence-corrected chi connectivity index (χ3v) is 5.14. The number of carbonyl (C=O) groups is 1. The molecule has 1 aliphatic rings. The summed E-state index contributed by atoms with van der Waals surface area (Å²) in [5.74, 6) is 2.12. The fraction of sp³-hybridized carbons (Fsp3) is 0.450. The molecule has 30 heavy (non-hydrogen) atoms. The van der Waals surface area contributed by atoms with Crippen molar-refractivity contribution >= 4 is 5.91 Å². The first-order chi connectivity index (χ1) is 14.7. The third kappa shape index (κ3) is 5.01. The van der Waals surface area contributed by atoms with Crippen LogP contribution in [0.2, 0.25) is 0 Å². The van der Waals surface area contributed by atoms with Crippen molar-refractivity contribution in [2.45, 2.75) is 25.9 Å². The standard InChI is InChI=1S/C20H25N7O3/c1-29-17-6-4-16(5-7-17)20-23-18(30-24-20)13-25-9-11-26(12-10-25)19(28)3-2-8-27-15-21-14-22-27/h4-7,14-15H,2-3,8-13H2,1H3. The monoisotopic (exact) mass is 411 g/mol. The van der Waals surface area contributed by atoms with Gasteiger partial charge in [-0.2, -0.15) is 10.1 Å². The molecule has 0 radical (unpaired) electrons. The number of piperazine rings is 1. The largest absolute Gasteiger partial charge is 0.497 e. The van der Waals surface area contributed by atoms with E-state index in [0.717, 1.165) is 30.8 Å². The van der Waals surface area contributed by atoms with Crippen molar-refractivity contribution in [3.05, 3.63) is 42.8 Å². The molecule has 0 aliphatic carbocycles. The molecule has 1 aromatic carbocycles. The Kier molecular flexibility index (Phi) is 6.33. The van der Waals surface area contributed by atoms with Crippen LogP contribution in [0.4, 0.5) is 0 Å². The maximum absolute atomic E-state index is 12.4. The quantitative estimate of drug-likeness (QED) is 0.549. The van der Waals surface area contributed by atoms with Gasteiger partial charge in [-0.3, -0.25) is 14.4 Å². The van der Waals surface area contributed by atoms with Gasteiger partial charge in [0.15, 0.2) is 0 Å². The number of rotatable bonds is 8. The zero-order chi connectivity index (χ0) is 20.8. The van der Waals surface area contributed by atoms with E-state index in [1.54, 1.807) is 18.1 Å². The van der Waals surface area contributed by atoms with E-state index >= 15 is 0 Å². The zero-order valence-corrected chi connectivity index (χ0v) is 17.0. The maximum Gasteiger partial charge on any atom is 0.241 e. The lowest BCUT2D eigenvalue weighted by molar-refractivity contribution is -0.133. The minimum atomic E-state index is 0.189. The summed E-state index contributed by atoms with van der Waals surface area (Å²) in [6.45, 7) is 4.28. The first-order valence-corrected chi connectivity index (χ1v) is 10.0. The number of ether oxygens (including phenoxy) is 1. The van der Waals surface area contributed by atoms with Crippen molar-refractivity contribution in [1.82, 2.24) is 34.7 Å². The number of hydrogen-bond donors (Lipinski definition) is 0. The Bertz CT molecular complexity index is 932. The van der Waals surface area contributed by atoms with Gasteiger partial charge in [-0.1, -0.05) is 5.16 Å². The highest BCUT2D eigenvalue weighted by Gasteiger charge is 2.22. The minimum Gasteiger partial charge on any atom is -0.497 e. The zero-order valence-electron chi connectivity index (χ0n) is 17.0. The van der Waals surface area contributed by atoms with Crippen molar-refractivity contribution in [2.24, 2.45) is 0 Å². The molecule has 3 aromatic rings. The van der Waals surface area contributed by atoms with Crippen LogP contribution in [0.5, 0.6) is 5.75 Å². The lowest BCUT2D eigenvalue weighted by Crippen LogP contribution is -2.48. The Hall–Kier alpha value is -3.27. The predicted molar refractivity (Wildman–Crippen MR) is 107 cm³/mol. The Labute approximate surface area is 174 Å². The van der Waals surface area contributed by atoms with Crippen molar-refractivity contribution in [2.75, 3.05) is 33.3 Å². The van der Waals surface area contributed by atoms with Crippen LogP contribution in [-0.2, 0) is 17.9 Å². The molecule has 10 heteroatoms. The molecular weight excluding hydrogens is 386 g/mol. The van der Waals surface area contributed by atoms with Gasteiger partial charge in [0.05, 0.1) is 13.7 Å². The van der Waals surface area contributed by atoms with Gasteiger partial charge in [0.25, 0.3) is 0 Å². The van der Waals surface area contributed by atoms with E-state index < -0.39 is 0 Å². The number of benzene rings is 1. The van der Waals surface area contributed by atoms with Gasteiger partial charge < -0.3 is 14.2 Å². The average molecular weight is 411 g/mol. The SMILES string of the molecule is COc1ccc(-c2noc(CN3CCN(C(=O)CCCn4cncn4)CC3)n2)cc1. The first kappa shape index (κ1) is 20.0. The first-order valence-electron chi connectivity index (χ1n) is 10.0. The number of aromatic nitrogens is 5. The van der Waals surface area contributed by atoms with Crippen LogP contribution in [-0.4, -0.2) is 73.9 Å². The molecule has 158 valence electrons. The van der Waals surface area contributed by atoms with Crippen LogP contribution in [0.1, 0.15) is 18.7 Å². The molecule has 0 bridgehead atoms. The van der Waals surface area contributed by atoms with Crippen LogP contribution in [0.25, 0.3) is 11.4 Å². The second-order valence-corrected chi connectivity index (χ2v) is 7.16. The van der Waals surface area contributed by atoms with Gasteiger partial charge in [-0.25, -0.2) is 4.98 Å². The van der Waals surface area contributed by atoms with Crippen LogP contribution in [0.15, 0.2) is 41.4 Å².